The number of hydrogen-bond donors (Lipinski definition) is 2. The molecule has 4 heterocycles. The number of aromatic nitrogens is 3. The van der Waals surface area contributed by atoms with Crippen molar-refractivity contribution in [3.63, 3.8) is 0 Å². The van der Waals surface area contributed by atoms with Gasteiger partial charge in [0.05, 0.1) is 10.6 Å². The molecule has 1 aliphatic rings. The molecule has 0 spiro atoms. The zero-order chi connectivity index (χ0) is 25.6. The van der Waals surface area contributed by atoms with Gasteiger partial charge in [0.15, 0.2) is 5.78 Å². The smallest absolute Gasteiger partial charge is 0.166 e. The van der Waals surface area contributed by atoms with Crippen LogP contribution >= 0.6 is 11.6 Å². The molecule has 0 atom stereocenters. The van der Waals surface area contributed by atoms with Crippen LogP contribution in [0, 0.1) is 5.92 Å². The number of carbonyl (C=O) groups excluding carboxylic acids is 1. The summed E-state index contributed by atoms with van der Waals surface area (Å²) in [4.78, 5) is 28.5. The van der Waals surface area contributed by atoms with E-state index in [4.69, 9.17) is 17.3 Å². The van der Waals surface area contributed by atoms with Crippen molar-refractivity contribution >= 4 is 39.8 Å². The predicted molar refractivity (Wildman–Crippen MR) is 149 cm³/mol. The van der Waals surface area contributed by atoms with Crippen LogP contribution in [-0.4, -0.2) is 45.3 Å². The fourth-order valence-corrected chi connectivity index (χ4v) is 5.09. The van der Waals surface area contributed by atoms with Crippen molar-refractivity contribution in [1.29, 1.82) is 0 Å². The highest BCUT2D eigenvalue weighted by Crippen LogP contribution is 2.25. The van der Waals surface area contributed by atoms with E-state index in [2.05, 4.69) is 37.3 Å². The van der Waals surface area contributed by atoms with Crippen molar-refractivity contribution < 1.29 is 4.79 Å². The second kappa shape index (κ2) is 11.7. The first-order valence-corrected chi connectivity index (χ1v) is 13.1. The zero-order valence-corrected chi connectivity index (χ0v) is 21.5. The number of anilines is 2. The summed E-state index contributed by atoms with van der Waals surface area (Å²) in [7, 11) is 0. The molecule has 0 saturated carbocycles. The third-order valence-corrected chi connectivity index (χ3v) is 7.26. The van der Waals surface area contributed by atoms with E-state index in [-0.39, 0.29) is 5.78 Å². The van der Waals surface area contributed by atoms with E-state index >= 15 is 0 Å². The Bertz CT molecular complexity index is 1370. The molecule has 1 saturated heterocycles. The largest absolute Gasteiger partial charge is 0.383 e. The van der Waals surface area contributed by atoms with Crippen molar-refractivity contribution in [1.82, 2.24) is 19.9 Å². The summed E-state index contributed by atoms with van der Waals surface area (Å²) < 4.78 is 0. The number of pyridine rings is 3. The average molecular weight is 515 g/mol. The highest BCUT2D eigenvalue weighted by Gasteiger charge is 2.21. The molecule has 0 unspecified atom stereocenters. The van der Waals surface area contributed by atoms with Gasteiger partial charge in [0.25, 0.3) is 0 Å². The molecule has 0 aliphatic carbocycles. The number of rotatable bonds is 9. The van der Waals surface area contributed by atoms with Gasteiger partial charge in [0.1, 0.15) is 11.6 Å². The Labute approximate surface area is 222 Å². The van der Waals surface area contributed by atoms with E-state index < -0.39 is 0 Å². The number of nitrogens with two attached hydrogens (primary N) is 1. The summed E-state index contributed by atoms with van der Waals surface area (Å²) in [6.07, 6.45) is 10.2. The molecule has 8 heteroatoms. The normalized spacial score (nSPS) is 14.6. The standard InChI is InChI=1S/C29H31ClN6O/c30-24-15-26(27(37)6-4-20-3-5-25-23(14-20)7-11-33-28(25)31)29(35-18-24)34-17-21-8-12-36(13-9-21)19-22-2-1-10-32-16-22/h1-3,5,7,10-11,14-16,18,21H,4,6,8-9,12-13,17,19H2,(H2,31,33)(H,34,35). The monoisotopic (exact) mass is 514 g/mol. The molecule has 1 aliphatic heterocycles. The van der Waals surface area contributed by atoms with Gasteiger partial charge >= 0.3 is 0 Å². The molecular formula is C29H31ClN6O. The van der Waals surface area contributed by atoms with Crippen LogP contribution in [0.3, 0.4) is 0 Å². The number of benzene rings is 1. The number of Topliss-reactive ketones (excluding diaryl/α,β-unsaturated/α-hetero) is 1. The second-order valence-corrected chi connectivity index (χ2v) is 10.1. The van der Waals surface area contributed by atoms with Crippen LogP contribution in [0.1, 0.15) is 40.7 Å². The number of ketones is 1. The minimum absolute atomic E-state index is 0.0260. The van der Waals surface area contributed by atoms with E-state index in [1.165, 1.54) is 5.56 Å². The number of likely N-dealkylation sites (tertiary alicyclic amines) is 1. The quantitative estimate of drug-likeness (QED) is 0.288. The van der Waals surface area contributed by atoms with Gasteiger partial charge < -0.3 is 11.1 Å². The maximum atomic E-state index is 13.2. The first-order valence-electron chi connectivity index (χ1n) is 12.7. The van der Waals surface area contributed by atoms with Gasteiger partial charge in [-0.2, -0.15) is 0 Å². The van der Waals surface area contributed by atoms with E-state index in [1.54, 1.807) is 18.5 Å². The van der Waals surface area contributed by atoms with E-state index in [1.807, 2.05) is 36.7 Å². The van der Waals surface area contributed by atoms with Crippen molar-refractivity contribution in [2.45, 2.75) is 32.2 Å². The van der Waals surface area contributed by atoms with Crippen LogP contribution in [0.25, 0.3) is 10.8 Å². The molecule has 4 aromatic rings. The van der Waals surface area contributed by atoms with Gasteiger partial charge in [-0.25, -0.2) is 9.97 Å². The van der Waals surface area contributed by atoms with Gasteiger partial charge in [-0.3, -0.25) is 14.7 Å². The van der Waals surface area contributed by atoms with Crippen LogP contribution < -0.4 is 11.1 Å². The van der Waals surface area contributed by atoms with Crippen molar-refractivity contribution in [3.05, 3.63) is 89.0 Å². The first-order chi connectivity index (χ1) is 18.0. The Hall–Kier alpha value is -3.55. The molecule has 5 rings (SSSR count). The Morgan fingerprint density at radius 1 is 1.05 bits per heavy atom. The Balaban J connectivity index is 1.16. The molecule has 0 amide bonds. The Kier molecular flexibility index (Phi) is 7.92. The molecule has 3 N–H and O–H groups in total. The van der Waals surface area contributed by atoms with E-state index in [9.17, 15) is 4.79 Å². The zero-order valence-electron chi connectivity index (χ0n) is 20.7. The molecule has 1 fully saturated rings. The molecule has 7 nitrogen and oxygen atoms in total. The minimum Gasteiger partial charge on any atom is -0.383 e. The lowest BCUT2D eigenvalue weighted by Gasteiger charge is -2.32. The van der Waals surface area contributed by atoms with Crippen molar-refractivity contribution in [3.8, 4) is 0 Å². The van der Waals surface area contributed by atoms with Crippen LogP contribution in [-0.2, 0) is 13.0 Å². The maximum absolute atomic E-state index is 13.2. The van der Waals surface area contributed by atoms with Gasteiger partial charge in [-0.05, 0) is 73.0 Å². The fraction of sp³-hybridized carbons (Fsp3) is 0.310. The lowest BCUT2D eigenvalue weighted by atomic mass is 9.96. The number of nitrogen functional groups attached to an aromatic ring is 1. The number of aryl methyl sites for hydroxylation is 1. The van der Waals surface area contributed by atoms with Gasteiger partial charge in [0, 0.05) is 49.7 Å². The summed E-state index contributed by atoms with van der Waals surface area (Å²) in [5.41, 5.74) is 8.84. The third-order valence-electron chi connectivity index (χ3n) is 7.05. The molecular weight excluding hydrogens is 484 g/mol. The number of nitrogens with one attached hydrogen (secondary N) is 1. The fourth-order valence-electron chi connectivity index (χ4n) is 4.93. The summed E-state index contributed by atoms with van der Waals surface area (Å²) in [6.45, 7) is 3.83. The summed E-state index contributed by atoms with van der Waals surface area (Å²) in [5, 5.41) is 5.85. The lowest BCUT2D eigenvalue weighted by Crippen LogP contribution is -2.35. The Morgan fingerprint density at radius 3 is 2.73 bits per heavy atom. The summed E-state index contributed by atoms with van der Waals surface area (Å²) >= 11 is 6.22. The summed E-state index contributed by atoms with van der Waals surface area (Å²) in [6, 6.07) is 13.8. The van der Waals surface area contributed by atoms with Gasteiger partial charge in [0.2, 0.25) is 0 Å². The van der Waals surface area contributed by atoms with Crippen LogP contribution in [0.5, 0.6) is 0 Å². The molecule has 3 aromatic heterocycles. The highest BCUT2D eigenvalue weighted by molar-refractivity contribution is 6.31. The lowest BCUT2D eigenvalue weighted by molar-refractivity contribution is 0.0983. The predicted octanol–water partition coefficient (Wildman–Crippen LogP) is 5.40. The molecule has 190 valence electrons. The first kappa shape index (κ1) is 25.1. The molecule has 37 heavy (non-hydrogen) atoms. The van der Waals surface area contributed by atoms with Crippen molar-refractivity contribution in [2.75, 3.05) is 30.7 Å². The van der Waals surface area contributed by atoms with Crippen LogP contribution in [0.15, 0.2) is 67.3 Å². The van der Waals surface area contributed by atoms with Gasteiger partial charge in [-0.1, -0.05) is 35.9 Å². The number of nitrogens with zero attached hydrogens (tertiary/aromatic N) is 4. The molecule has 0 radical (unpaired) electrons. The molecule has 1 aromatic carbocycles. The maximum Gasteiger partial charge on any atom is 0.166 e. The number of piperidine rings is 1. The SMILES string of the molecule is Nc1nccc2cc(CCC(=O)c3cc(Cl)cnc3NCC3CCN(Cc4cccnc4)CC3)ccc12. The third kappa shape index (κ3) is 6.42. The van der Waals surface area contributed by atoms with Gasteiger partial charge in [-0.15, -0.1) is 0 Å². The second-order valence-electron chi connectivity index (χ2n) is 9.69. The van der Waals surface area contributed by atoms with E-state index in [0.717, 1.165) is 55.4 Å². The molecule has 0 bridgehead atoms. The van der Waals surface area contributed by atoms with Crippen LogP contribution in [0.4, 0.5) is 11.6 Å². The summed E-state index contributed by atoms with van der Waals surface area (Å²) in [5.74, 6) is 1.69. The Morgan fingerprint density at radius 2 is 1.92 bits per heavy atom. The minimum atomic E-state index is 0.0260. The van der Waals surface area contributed by atoms with E-state index in [0.29, 0.717) is 41.0 Å². The number of hydrogen-bond acceptors (Lipinski definition) is 7. The number of fused-ring (bicyclic) bond motifs is 1. The number of halogens is 1. The van der Waals surface area contributed by atoms with Crippen molar-refractivity contribution in [2.24, 2.45) is 5.92 Å². The highest BCUT2D eigenvalue weighted by atomic mass is 35.5. The topological polar surface area (TPSA) is 97.0 Å². The van der Waals surface area contributed by atoms with Crippen LogP contribution in [0.2, 0.25) is 5.02 Å². The average Bonchev–Trinajstić information content (AvgIpc) is 2.92. The number of carbonyl (C=O) groups is 1.